The summed E-state index contributed by atoms with van der Waals surface area (Å²) in [7, 11) is 5.25. The standard InChI is InChI=1S/C16H20N2O2/c1-17-11-14-9-16(20-3)15(19-2)8-13(14)7-12-5-4-6-18-10-12/h4-6,8-10,17H,7,11H2,1-3H3. The van der Waals surface area contributed by atoms with Crippen LogP contribution >= 0.6 is 0 Å². The smallest absolute Gasteiger partial charge is 0.161 e. The number of pyridine rings is 1. The fourth-order valence-corrected chi connectivity index (χ4v) is 2.21. The Bertz CT molecular complexity index is 556. The van der Waals surface area contributed by atoms with E-state index in [0.717, 1.165) is 24.5 Å². The van der Waals surface area contributed by atoms with Gasteiger partial charge < -0.3 is 14.8 Å². The van der Waals surface area contributed by atoms with E-state index in [9.17, 15) is 0 Å². The molecule has 106 valence electrons. The summed E-state index contributed by atoms with van der Waals surface area (Å²) in [5.41, 5.74) is 3.59. The van der Waals surface area contributed by atoms with Gasteiger partial charge in [-0.05, 0) is 48.4 Å². The maximum Gasteiger partial charge on any atom is 0.161 e. The average Bonchev–Trinajstić information content (AvgIpc) is 2.49. The number of nitrogens with zero attached hydrogens (tertiary/aromatic N) is 1. The van der Waals surface area contributed by atoms with Crippen molar-refractivity contribution in [3.63, 3.8) is 0 Å². The van der Waals surface area contributed by atoms with Gasteiger partial charge in [0.2, 0.25) is 0 Å². The lowest BCUT2D eigenvalue weighted by Gasteiger charge is -2.15. The van der Waals surface area contributed by atoms with E-state index in [-0.39, 0.29) is 0 Å². The van der Waals surface area contributed by atoms with Crippen LogP contribution in [0, 0.1) is 0 Å². The molecule has 0 aliphatic carbocycles. The van der Waals surface area contributed by atoms with E-state index in [0.29, 0.717) is 0 Å². The van der Waals surface area contributed by atoms with Gasteiger partial charge in [0.05, 0.1) is 14.2 Å². The topological polar surface area (TPSA) is 43.4 Å². The maximum absolute atomic E-state index is 5.39. The van der Waals surface area contributed by atoms with Crippen molar-refractivity contribution in [2.45, 2.75) is 13.0 Å². The van der Waals surface area contributed by atoms with Crippen LogP contribution in [0.15, 0.2) is 36.7 Å². The molecule has 0 aliphatic heterocycles. The van der Waals surface area contributed by atoms with Gasteiger partial charge in [-0.1, -0.05) is 6.07 Å². The molecule has 0 unspecified atom stereocenters. The van der Waals surface area contributed by atoms with Crippen molar-refractivity contribution in [2.24, 2.45) is 0 Å². The predicted molar refractivity (Wildman–Crippen MR) is 79.4 cm³/mol. The van der Waals surface area contributed by atoms with Crippen LogP contribution in [-0.2, 0) is 13.0 Å². The van der Waals surface area contributed by atoms with Crippen LogP contribution in [0.5, 0.6) is 11.5 Å². The SMILES string of the molecule is CNCc1cc(OC)c(OC)cc1Cc1cccnc1. The largest absolute Gasteiger partial charge is 0.493 e. The van der Waals surface area contributed by atoms with Gasteiger partial charge in [-0.25, -0.2) is 0 Å². The minimum absolute atomic E-state index is 0.756. The second-order valence-electron chi connectivity index (χ2n) is 4.54. The zero-order chi connectivity index (χ0) is 14.4. The van der Waals surface area contributed by atoms with Gasteiger partial charge in [-0.3, -0.25) is 4.98 Å². The zero-order valence-corrected chi connectivity index (χ0v) is 12.1. The molecule has 1 heterocycles. The molecule has 0 spiro atoms. The van der Waals surface area contributed by atoms with Gasteiger partial charge >= 0.3 is 0 Å². The summed E-state index contributed by atoms with van der Waals surface area (Å²) in [4.78, 5) is 4.16. The Labute approximate surface area is 119 Å². The van der Waals surface area contributed by atoms with Crippen LogP contribution < -0.4 is 14.8 Å². The lowest BCUT2D eigenvalue weighted by molar-refractivity contribution is 0.354. The highest BCUT2D eigenvalue weighted by molar-refractivity contribution is 5.48. The van der Waals surface area contributed by atoms with Crippen LogP contribution in [0.3, 0.4) is 0 Å². The van der Waals surface area contributed by atoms with Crippen LogP contribution in [0.1, 0.15) is 16.7 Å². The number of rotatable bonds is 6. The predicted octanol–water partition coefficient (Wildman–Crippen LogP) is 2.41. The van der Waals surface area contributed by atoms with Crippen molar-refractivity contribution in [1.29, 1.82) is 0 Å². The molecule has 2 rings (SSSR count). The maximum atomic E-state index is 5.39. The van der Waals surface area contributed by atoms with E-state index in [4.69, 9.17) is 9.47 Å². The highest BCUT2D eigenvalue weighted by Gasteiger charge is 2.11. The number of hydrogen-bond donors (Lipinski definition) is 1. The van der Waals surface area contributed by atoms with E-state index in [1.165, 1.54) is 16.7 Å². The number of nitrogens with one attached hydrogen (secondary N) is 1. The highest BCUT2D eigenvalue weighted by atomic mass is 16.5. The molecule has 1 aromatic carbocycles. The molecule has 1 N–H and O–H groups in total. The van der Waals surface area contributed by atoms with Gasteiger partial charge in [0.25, 0.3) is 0 Å². The Morgan fingerprint density at radius 1 is 1.10 bits per heavy atom. The number of hydrogen-bond acceptors (Lipinski definition) is 4. The second kappa shape index (κ2) is 6.91. The average molecular weight is 272 g/mol. The molecule has 1 aromatic heterocycles. The molecule has 0 amide bonds. The molecular formula is C16H20N2O2. The first kappa shape index (κ1) is 14.3. The van der Waals surface area contributed by atoms with Gasteiger partial charge in [0.1, 0.15) is 0 Å². The van der Waals surface area contributed by atoms with Crippen molar-refractivity contribution in [3.8, 4) is 11.5 Å². The minimum atomic E-state index is 0.756. The third kappa shape index (κ3) is 3.27. The van der Waals surface area contributed by atoms with Crippen LogP contribution in [0.25, 0.3) is 0 Å². The summed E-state index contributed by atoms with van der Waals surface area (Å²) >= 11 is 0. The van der Waals surface area contributed by atoms with E-state index in [1.54, 1.807) is 20.4 Å². The molecule has 20 heavy (non-hydrogen) atoms. The Balaban J connectivity index is 2.38. The molecule has 0 saturated heterocycles. The quantitative estimate of drug-likeness (QED) is 0.877. The Morgan fingerprint density at radius 3 is 2.35 bits per heavy atom. The lowest BCUT2D eigenvalue weighted by atomic mass is 9.99. The minimum Gasteiger partial charge on any atom is -0.493 e. The summed E-state index contributed by atoms with van der Waals surface area (Å²) < 4.78 is 10.7. The third-order valence-electron chi connectivity index (χ3n) is 3.19. The third-order valence-corrected chi connectivity index (χ3v) is 3.19. The number of benzene rings is 1. The fraction of sp³-hybridized carbons (Fsp3) is 0.312. The van der Waals surface area contributed by atoms with Crippen molar-refractivity contribution >= 4 is 0 Å². The van der Waals surface area contributed by atoms with Crippen LogP contribution in [-0.4, -0.2) is 26.3 Å². The summed E-state index contributed by atoms with van der Waals surface area (Å²) in [5.74, 6) is 1.51. The summed E-state index contributed by atoms with van der Waals surface area (Å²) in [6.07, 6.45) is 4.50. The molecule has 0 aliphatic rings. The second-order valence-corrected chi connectivity index (χ2v) is 4.54. The Hall–Kier alpha value is -2.07. The van der Waals surface area contributed by atoms with Crippen molar-refractivity contribution in [3.05, 3.63) is 53.3 Å². The summed E-state index contributed by atoms with van der Waals surface area (Å²) in [6.45, 7) is 0.788. The first-order chi connectivity index (χ1) is 9.78. The normalized spacial score (nSPS) is 10.3. The Kier molecular flexibility index (Phi) is 4.96. The zero-order valence-electron chi connectivity index (χ0n) is 12.1. The molecule has 4 heteroatoms. The molecule has 2 aromatic rings. The monoisotopic (exact) mass is 272 g/mol. The van der Waals surface area contributed by atoms with E-state index in [2.05, 4.69) is 16.4 Å². The molecule has 0 saturated carbocycles. The van der Waals surface area contributed by atoms with Crippen LogP contribution in [0.2, 0.25) is 0 Å². The molecular weight excluding hydrogens is 252 g/mol. The van der Waals surface area contributed by atoms with Crippen molar-refractivity contribution in [2.75, 3.05) is 21.3 Å². The van der Waals surface area contributed by atoms with Gasteiger partial charge in [-0.15, -0.1) is 0 Å². The Morgan fingerprint density at radius 2 is 1.80 bits per heavy atom. The highest BCUT2D eigenvalue weighted by Crippen LogP contribution is 2.31. The number of methoxy groups -OCH3 is 2. The number of aromatic nitrogens is 1. The van der Waals surface area contributed by atoms with Gasteiger partial charge in [-0.2, -0.15) is 0 Å². The molecule has 4 nitrogen and oxygen atoms in total. The first-order valence-electron chi connectivity index (χ1n) is 6.55. The van der Waals surface area contributed by atoms with Crippen molar-refractivity contribution < 1.29 is 9.47 Å². The summed E-state index contributed by atoms with van der Waals surface area (Å²) in [6, 6.07) is 8.10. The fourth-order valence-electron chi connectivity index (χ4n) is 2.21. The van der Waals surface area contributed by atoms with Gasteiger partial charge in [0.15, 0.2) is 11.5 Å². The molecule has 0 atom stereocenters. The molecule has 0 bridgehead atoms. The van der Waals surface area contributed by atoms with E-state index >= 15 is 0 Å². The van der Waals surface area contributed by atoms with Gasteiger partial charge in [0, 0.05) is 18.9 Å². The lowest BCUT2D eigenvalue weighted by Crippen LogP contribution is -2.09. The summed E-state index contributed by atoms with van der Waals surface area (Å²) in [5, 5.41) is 3.19. The molecule has 0 radical (unpaired) electrons. The van der Waals surface area contributed by atoms with Crippen molar-refractivity contribution in [1.82, 2.24) is 10.3 Å². The van der Waals surface area contributed by atoms with Crippen LogP contribution in [0.4, 0.5) is 0 Å². The van der Waals surface area contributed by atoms with E-state index < -0.39 is 0 Å². The first-order valence-corrected chi connectivity index (χ1v) is 6.55. The number of ether oxygens (including phenoxy) is 2. The van der Waals surface area contributed by atoms with E-state index in [1.807, 2.05) is 31.4 Å². The molecule has 0 fully saturated rings.